The summed E-state index contributed by atoms with van der Waals surface area (Å²) >= 11 is 3.46. The molecule has 2 saturated heterocycles. The van der Waals surface area contributed by atoms with Crippen molar-refractivity contribution in [3.05, 3.63) is 47.0 Å². The number of carbonyl (C=O) groups is 2. The summed E-state index contributed by atoms with van der Waals surface area (Å²) in [7, 11) is 0.929. The maximum atomic E-state index is 13.5. The zero-order valence-electron chi connectivity index (χ0n) is 26.2. The van der Waals surface area contributed by atoms with E-state index in [0.717, 1.165) is 40.9 Å². The van der Waals surface area contributed by atoms with Crippen LogP contribution < -0.4 is 10.8 Å². The van der Waals surface area contributed by atoms with Crippen molar-refractivity contribution in [2.45, 2.75) is 77.7 Å². The van der Waals surface area contributed by atoms with Crippen LogP contribution in [0.15, 0.2) is 41.2 Å². The van der Waals surface area contributed by atoms with E-state index in [2.05, 4.69) is 78.0 Å². The van der Waals surface area contributed by atoms with Crippen LogP contribution in [0.4, 0.5) is 4.79 Å². The lowest BCUT2D eigenvalue weighted by atomic mass is 9.81. The van der Waals surface area contributed by atoms with Gasteiger partial charge in [-0.25, -0.2) is 9.78 Å². The van der Waals surface area contributed by atoms with Gasteiger partial charge in [0.15, 0.2) is 0 Å². The van der Waals surface area contributed by atoms with E-state index in [1.54, 1.807) is 22.7 Å². The summed E-state index contributed by atoms with van der Waals surface area (Å²) in [5, 5.41) is 7.08. The molecule has 2 amide bonds. The number of carbonyl (C=O) groups excluding carboxylic acids is 2. The van der Waals surface area contributed by atoms with E-state index in [9.17, 15) is 9.59 Å². The van der Waals surface area contributed by atoms with Crippen LogP contribution in [0.25, 0.3) is 31.8 Å². The molecule has 1 aromatic carbocycles. The second kappa shape index (κ2) is 11.6. The number of benzene rings is 1. The number of amides is 2. The van der Waals surface area contributed by atoms with Gasteiger partial charge in [0.1, 0.15) is 11.9 Å². The Morgan fingerprint density at radius 2 is 1.73 bits per heavy atom. The highest BCUT2D eigenvalue weighted by atomic mass is 32.1. The number of ether oxygens (including phenoxy) is 1. The van der Waals surface area contributed by atoms with Gasteiger partial charge in [-0.3, -0.25) is 4.79 Å². The second-order valence-electron chi connectivity index (χ2n) is 12.9. The Hall–Kier alpha value is -3.19. The van der Waals surface area contributed by atoms with E-state index < -0.39 is 12.1 Å². The molecule has 0 spiro atoms. The fourth-order valence-electron chi connectivity index (χ4n) is 5.85. The zero-order valence-corrected chi connectivity index (χ0v) is 27.9. The number of hydrogen-bond acceptors (Lipinski definition) is 8. The van der Waals surface area contributed by atoms with Crippen molar-refractivity contribution < 1.29 is 23.6 Å². The number of nitrogens with one attached hydrogen (secondary N) is 2. The predicted molar refractivity (Wildman–Crippen MR) is 176 cm³/mol. The van der Waals surface area contributed by atoms with Gasteiger partial charge in [0, 0.05) is 27.7 Å². The van der Waals surface area contributed by atoms with E-state index in [0.29, 0.717) is 6.54 Å². The highest BCUT2D eigenvalue weighted by Gasteiger charge is 2.52. The van der Waals surface area contributed by atoms with Crippen molar-refractivity contribution in [1.82, 2.24) is 20.2 Å². The van der Waals surface area contributed by atoms with Gasteiger partial charge in [0.25, 0.3) is 0 Å². The number of nitrogens with zero attached hydrogens (tertiary/aromatic N) is 2. The molecular formula is C32H39BN4O5S2. The molecule has 2 fully saturated rings. The van der Waals surface area contributed by atoms with Crippen LogP contribution in [-0.4, -0.2) is 64.9 Å². The fraction of sp³-hybridized carbons (Fsp3) is 0.469. The number of aromatic nitrogens is 2. The first-order valence-corrected chi connectivity index (χ1v) is 16.8. The molecule has 9 nitrogen and oxygen atoms in total. The predicted octanol–water partition coefficient (Wildman–Crippen LogP) is 6.36. The first kappa shape index (κ1) is 30.8. The van der Waals surface area contributed by atoms with Crippen LogP contribution in [0.3, 0.4) is 0 Å². The molecule has 2 atom stereocenters. The van der Waals surface area contributed by atoms with Crippen LogP contribution in [0.2, 0.25) is 0 Å². The first-order valence-electron chi connectivity index (χ1n) is 15.0. The Morgan fingerprint density at radius 3 is 2.39 bits per heavy atom. The van der Waals surface area contributed by atoms with Crippen molar-refractivity contribution in [2.24, 2.45) is 5.92 Å². The normalized spacial score (nSPS) is 20.0. The van der Waals surface area contributed by atoms with Crippen molar-refractivity contribution >= 4 is 56.7 Å². The SMILES string of the molecule is COC(=O)NC(C(=O)N1CCCC1c1ncc(-c2ccc(-c3csc4c(B5OC(C)(C)C(C)(C)O5)csc34)cc2)[nH]1)C(C)C. The lowest BCUT2D eigenvalue weighted by molar-refractivity contribution is -0.135. The van der Waals surface area contributed by atoms with E-state index in [1.807, 2.05) is 24.9 Å². The molecule has 2 aliphatic rings. The van der Waals surface area contributed by atoms with Crippen molar-refractivity contribution in [1.29, 1.82) is 0 Å². The number of fused-ring (bicyclic) bond motifs is 1. The molecule has 2 unspecified atom stereocenters. The summed E-state index contributed by atoms with van der Waals surface area (Å²) < 4.78 is 19.9. The molecule has 0 aliphatic carbocycles. The number of H-pyrrole nitrogens is 1. The smallest absolute Gasteiger partial charge is 0.453 e. The Kier molecular flexibility index (Phi) is 8.15. The van der Waals surface area contributed by atoms with E-state index >= 15 is 0 Å². The van der Waals surface area contributed by atoms with E-state index in [-0.39, 0.29) is 36.2 Å². The molecule has 232 valence electrons. The van der Waals surface area contributed by atoms with Gasteiger partial charge in [0.05, 0.1) is 40.9 Å². The maximum Gasteiger partial charge on any atom is 0.497 e. The lowest BCUT2D eigenvalue weighted by Gasteiger charge is -2.32. The molecule has 44 heavy (non-hydrogen) atoms. The maximum absolute atomic E-state index is 13.5. The van der Waals surface area contributed by atoms with Gasteiger partial charge in [-0.15, -0.1) is 22.7 Å². The molecule has 0 saturated carbocycles. The number of rotatable bonds is 7. The van der Waals surface area contributed by atoms with Gasteiger partial charge in [-0.2, -0.15) is 0 Å². The molecule has 4 aromatic rings. The Morgan fingerprint density at radius 1 is 1.07 bits per heavy atom. The average Bonchev–Trinajstić information content (AvgIpc) is 3.80. The number of likely N-dealkylation sites (tertiary alicyclic amines) is 1. The lowest BCUT2D eigenvalue weighted by Crippen LogP contribution is -2.51. The van der Waals surface area contributed by atoms with Gasteiger partial charge < -0.3 is 29.2 Å². The van der Waals surface area contributed by atoms with Crippen LogP contribution in [0, 0.1) is 5.92 Å². The van der Waals surface area contributed by atoms with Gasteiger partial charge >= 0.3 is 13.2 Å². The molecule has 3 aromatic heterocycles. The minimum absolute atomic E-state index is 0.0811. The van der Waals surface area contributed by atoms with Gasteiger partial charge in [-0.1, -0.05) is 38.1 Å². The Labute approximate surface area is 266 Å². The summed E-state index contributed by atoms with van der Waals surface area (Å²) in [6.07, 6.45) is 2.91. The van der Waals surface area contributed by atoms with Crippen LogP contribution in [0.1, 0.15) is 66.3 Å². The number of imidazole rings is 1. The molecule has 2 N–H and O–H groups in total. The second-order valence-corrected chi connectivity index (χ2v) is 14.7. The quantitative estimate of drug-likeness (QED) is 0.229. The molecule has 2 aliphatic heterocycles. The third-order valence-electron chi connectivity index (χ3n) is 9.16. The summed E-state index contributed by atoms with van der Waals surface area (Å²) in [5.74, 6) is 0.554. The standard InChI is InChI=1S/C32H39BN4O5S2/c1-18(2)25(36-30(39)40-7)29(38)37-14-8-9-24(37)28-34-15-23(35-28)20-12-10-19(11-13-20)21-16-43-27-22(17-44-26(21)27)33-41-31(3,4)32(5,6)42-33/h10-13,15-18,24-25H,8-9,14H2,1-7H3,(H,34,35)(H,36,39). The van der Waals surface area contributed by atoms with Gasteiger partial charge in [-0.05, 0) is 63.0 Å². The largest absolute Gasteiger partial charge is 0.497 e. The molecular weight excluding hydrogens is 595 g/mol. The minimum Gasteiger partial charge on any atom is -0.453 e. The minimum atomic E-state index is -0.662. The van der Waals surface area contributed by atoms with Gasteiger partial charge in [0.2, 0.25) is 5.91 Å². The first-order chi connectivity index (χ1) is 20.9. The van der Waals surface area contributed by atoms with Crippen LogP contribution >= 0.6 is 22.7 Å². The number of alkyl carbamates (subject to hydrolysis) is 1. The number of aromatic amines is 1. The topological polar surface area (TPSA) is 106 Å². The van der Waals surface area contributed by atoms with Crippen molar-refractivity contribution in [2.75, 3.05) is 13.7 Å². The number of methoxy groups -OCH3 is 1. The fourth-order valence-corrected chi connectivity index (χ4v) is 8.28. The molecule has 0 bridgehead atoms. The number of thiophene rings is 2. The molecule has 6 rings (SSSR count). The van der Waals surface area contributed by atoms with E-state index in [4.69, 9.17) is 14.0 Å². The average molecular weight is 635 g/mol. The summed E-state index contributed by atoms with van der Waals surface area (Å²) in [6, 6.07) is 7.65. The Balaban J connectivity index is 1.19. The molecule has 5 heterocycles. The van der Waals surface area contributed by atoms with Crippen LogP contribution in [-0.2, 0) is 18.8 Å². The zero-order chi connectivity index (χ0) is 31.4. The molecule has 12 heteroatoms. The summed E-state index contributed by atoms with van der Waals surface area (Å²) in [4.78, 5) is 35.3. The summed E-state index contributed by atoms with van der Waals surface area (Å²) in [6.45, 7) is 12.8. The van der Waals surface area contributed by atoms with Crippen LogP contribution in [0.5, 0.6) is 0 Å². The third-order valence-corrected chi connectivity index (χ3v) is 11.4. The van der Waals surface area contributed by atoms with E-state index in [1.165, 1.54) is 22.1 Å². The third kappa shape index (κ3) is 5.46. The van der Waals surface area contributed by atoms with Crippen molar-refractivity contribution in [3.63, 3.8) is 0 Å². The summed E-state index contributed by atoms with van der Waals surface area (Å²) in [5.41, 5.74) is 4.61. The Bertz CT molecular complexity index is 1660. The number of hydrogen-bond donors (Lipinski definition) is 2. The monoisotopic (exact) mass is 634 g/mol. The highest BCUT2D eigenvalue weighted by molar-refractivity contribution is 7.29. The molecule has 0 radical (unpaired) electrons. The van der Waals surface area contributed by atoms with Crippen molar-refractivity contribution in [3.8, 4) is 22.4 Å². The highest BCUT2D eigenvalue weighted by Crippen LogP contribution is 2.41.